The minimum absolute atomic E-state index is 0.271. The molecule has 0 saturated carbocycles. The molecule has 0 bridgehead atoms. The molecule has 2 rings (SSSR count). The van der Waals surface area contributed by atoms with Gasteiger partial charge in [0.25, 0.3) is 5.56 Å². The Morgan fingerprint density at radius 2 is 2.00 bits per heavy atom. The maximum absolute atomic E-state index is 12.1. The van der Waals surface area contributed by atoms with Gasteiger partial charge in [-0.05, 0) is 12.1 Å². The topological polar surface area (TPSA) is 47.0 Å². The fourth-order valence-corrected chi connectivity index (χ4v) is 1.50. The number of benzene rings is 1. The molecule has 0 aliphatic carbocycles. The minimum atomic E-state index is -4.73. The van der Waals surface area contributed by atoms with Gasteiger partial charge in [-0.2, -0.15) is 0 Å². The summed E-state index contributed by atoms with van der Waals surface area (Å²) in [5, 5.41) is 2.72. The number of halogens is 3. The van der Waals surface area contributed by atoms with Gasteiger partial charge in [0.15, 0.2) is 0 Å². The van der Waals surface area contributed by atoms with Crippen LogP contribution in [-0.2, 0) is 7.05 Å². The van der Waals surface area contributed by atoms with Crippen molar-refractivity contribution in [1.82, 2.24) is 9.78 Å². The molecule has 1 aromatic carbocycles. The second-order valence-electron chi connectivity index (χ2n) is 3.64. The molecular formula is C11H9F3N2O2. The van der Waals surface area contributed by atoms with Crippen LogP contribution in [0.25, 0.3) is 11.3 Å². The first-order valence-electron chi connectivity index (χ1n) is 4.97. The van der Waals surface area contributed by atoms with E-state index < -0.39 is 6.36 Å². The van der Waals surface area contributed by atoms with Crippen LogP contribution < -0.4 is 10.3 Å². The van der Waals surface area contributed by atoms with Crippen molar-refractivity contribution < 1.29 is 17.9 Å². The lowest BCUT2D eigenvalue weighted by molar-refractivity contribution is -0.274. The number of H-pyrrole nitrogens is 1. The standard InChI is InChI=1S/C11H9F3N2O2/c1-16-10(17)6-9(15-16)7-3-2-4-8(5-7)18-11(12,13)14/h2-6,15H,1H3. The van der Waals surface area contributed by atoms with Crippen molar-refractivity contribution in [2.24, 2.45) is 7.05 Å². The lowest BCUT2D eigenvalue weighted by Crippen LogP contribution is -2.17. The maximum Gasteiger partial charge on any atom is 0.573 e. The van der Waals surface area contributed by atoms with Gasteiger partial charge in [0.2, 0.25) is 0 Å². The third-order valence-corrected chi connectivity index (χ3v) is 2.27. The summed E-state index contributed by atoms with van der Waals surface area (Å²) < 4.78 is 41.2. The largest absolute Gasteiger partial charge is 0.573 e. The molecule has 0 radical (unpaired) electrons. The first kappa shape index (κ1) is 12.3. The molecular weight excluding hydrogens is 249 g/mol. The lowest BCUT2D eigenvalue weighted by atomic mass is 10.1. The molecule has 1 aromatic heterocycles. The quantitative estimate of drug-likeness (QED) is 0.898. The van der Waals surface area contributed by atoms with E-state index in [2.05, 4.69) is 9.84 Å². The van der Waals surface area contributed by atoms with Crippen LogP contribution in [0.1, 0.15) is 0 Å². The van der Waals surface area contributed by atoms with Crippen LogP contribution in [0.15, 0.2) is 35.1 Å². The fourth-order valence-electron chi connectivity index (χ4n) is 1.50. The number of aromatic nitrogens is 2. The van der Waals surface area contributed by atoms with Crippen LogP contribution in [0.3, 0.4) is 0 Å². The molecule has 0 aliphatic rings. The highest BCUT2D eigenvalue weighted by Gasteiger charge is 2.31. The molecule has 1 heterocycles. The molecule has 18 heavy (non-hydrogen) atoms. The summed E-state index contributed by atoms with van der Waals surface area (Å²) in [6.07, 6.45) is -4.73. The van der Waals surface area contributed by atoms with E-state index >= 15 is 0 Å². The number of nitrogens with one attached hydrogen (secondary N) is 1. The minimum Gasteiger partial charge on any atom is -0.406 e. The summed E-state index contributed by atoms with van der Waals surface area (Å²) in [5.41, 5.74) is 0.594. The number of hydrogen-bond acceptors (Lipinski definition) is 2. The van der Waals surface area contributed by atoms with Gasteiger partial charge < -0.3 is 4.74 Å². The Bertz CT molecular complexity index is 613. The molecule has 0 spiro atoms. The van der Waals surface area contributed by atoms with E-state index in [0.29, 0.717) is 11.3 Å². The van der Waals surface area contributed by atoms with Crippen molar-refractivity contribution in [3.63, 3.8) is 0 Å². The van der Waals surface area contributed by atoms with Gasteiger partial charge in [-0.25, -0.2) is 0 Å². The van der Waals surface area contributed by atoms with E-state index in [4.69, 9.17) is 0 Å². The number of aryl methyl sites for hydroxylation is 1. The molecule has 96 valence electrons. The van der Waals surface area contributed by atoms with E-state index in [-0.39, 0.29) is 11.3 Å². The monoisotopic (exact) mass is 258 g/mol. The number of aromatic amines is 1. The normalized spacial score (nSPS) is 11.6. The van der Waals surface area contributed by atoms with Crippen molar-refractivity contribution in [3.05, 3.63) is 40.7 Å². The zero-order chi connectivity index (χ0) is 13.3. The van der Waals surface area contributed by atoms with Crippen LogP contribution in [0, 0.1) is 0 Å². The number of alkyl halides is 3. The van der Waals surface area contributed by atoms with Crippen LogP contribution >= 0.6 is 0 Å². The summed E-state index contributed by atoms with van der Waals surface area (Å²) in [6.45, 7) is 0. The van der Waals surface area contributed by atoms with Crippen LogP contribution in [0.5, 0.6) is 5.75 Å². The Hall–Kier alpha value is -2.18. The Balaban J connectivity index is 2.35. The van der Waals surface area contributed by atoms with Gasteiger partial charge in [-0.15, -0.1) is 13.2 Å². The van der Waals surface area contributed by atoms with Crippen molar-refractivity contribution in [1.29, 1.82) is 0 Å². The highest BCUT2D eigenvalue weighted by molar-refractivity contribution is 5.60. The van der Waals surface area contributed by atoms with Crippen molar-refractivity contribution in [2.75, 3.05) is 0 Å². The van der Waals surface area contributed by atoms with Gasteiger partial charge in [-0.1, -0.05) is 12.1 Å². The molecule has 4 nitrogen and oxygen atoms in total. The number of rotatable bonds is 2. The Labute approximate surface area is 99.6 Å². The highest BCUT2D eigenvalue weighted by atomic mass is 19.4. The van der Waals surface area contributed by atoms with Crippen LogP contribution in [0.4, 0.5) is 13.2 Å². The fraction of sp³-hybridized carbons (Fsp3) is 0.182. The first-order chi connectivity index (χ1) is 8.35. The zero-order valence-electron chi connectivity index (χ0n) is 9.28. The molecule has 0 saturated heterocycles. The molecule has 7 heteroatoms. The van der Waals surface area contributed by atoms with Gasteiger partial charge >= 0.3 is 6.36 Å². The molecule has 0 aliphatic heterocycles. The third kappa shape index (κ3) is 2.73. The van der Waals surface area contributed by atoms with Gasteiger partial charge in [0.05, 0.1) is 5.69 Å². The number of nitrogens with zero attached hydrogens (tertiary/aromatic N) is 1. The van der Waals surface area contributed by atoms with E-state index in [9.17, 15) is 18.0 Å². The average Bonchev–Trinajstić information content (AvgIpc) is 2.57. The molecule has 0 fully saturated rings. The SMILES string of the molecule is Cn1[nH]c(-c2cccc(OC(F)(F)F)c2)cc1=O. The van der Waals surface area contributed by atoms with Crippen LogP contribution in [-0.4, -0.2) is 16.1 Å². The highest BCUT2D eigenvalue weighted by Crippen LogP contribution is 2.26. The predicted octanol–water partition coefficient (Wildman–Crippen LogP) is 2.28. The number of hydrogen-bond donors (Lipinski definition) is 1. The molecule has 0 unspecified atom stereocenters. The van der Waals surface area contributed by atoms with Crippen molar-refractivity contribution in [3.8, 4) is 17.0 Å². The molecule has 0 atom stereocenters. The summed E-state index contributed by atoms with van der Waals surface area (Å²) in [6, 6.07) is 6.69. The third-order valence-electron chi connectivity index (χ3n) is 2.27. The first-order valence-corrected chi connectivity index (χ1v) is 4.97. The average molecular weight is 258 g/mol. The van der Waals surface area contributed by atoms with E-state index in [1.807, 2.05) is 0 Å². The summed E-state index contributed by atoms with van der Waals surface area (Å²) in [5.74, 6) is -0.329. The van der Waals surface area contributed by atoms with E-state index in [0.717, 1.165) is 0 Å². The van der Waals surface area contributed by atoms with Crippen molar-refractivity contribution >= 4 is 0 Å². The second kappa shape index (κ2) is 4.25. The molecule has 1 N–H and O–H groups in total. The Kier molecular flexibility index (Phi) is 2.90. The van der Waals surface area contributed by atoms with Gasteiger partial charge in [0.1, 0.15) is 5.75 Å². The zero-order valence-corrected chi connectivity index (χ0v) is 9.28. The van der Waals surface area contributed by atoms with Crippen LogP contribution in [0.2, 0.25) is 0 Å². The summed E-state index contributed by atoms with van der Waals surface area (Å²) in [7, 11) is 1.52. The maximum atomic E-state index is 12.1. The number of ether oxygens (including phenoxy) is 1. The lowest BCUT2D eigenvalue weighted by Gasteiger charge is -2.09. The second-order valence-corrected chi connectivity index (χ2v) is 3.64. The van der Waals surface area contributed by atoms with Crippen molar-refractivity contribution in [2.45, 2.75) is 6.36 Å². The van der Waals surface area contributed by atoms with E-state index in [1.165, 1.54) is 36.0 Å². The van der Waals surface area contributed by atoms with Gasteiger partial charge in [-0.3, -0.25) is 14.6 Å². The Morgan fingerprint density at radius 3 is 2.56 bits per heavy atom. The summed E-state index contributed by atoms with van der Waals surface area (Å²) >= 11 is 0. The smallest absolute Gasteiger partial charge is 0.406 e. The summed E-state index contributed by atoms with van der Waals surface area (Å²) in [4.78, 5) is 11.2. The van der Waals surface area contributed by atoms with Gasteiger partial charge in [0, 0.05) is 18.7 Å². The van der Waals surface area contributed by atoms with E-state index in [1.54, 1.807) is 6.07 Å². The predicted molar refractivity (Wildman–Crippen MR) is 58.2 cm³/mol. The Morgan fingerprint density at radius 1 is 1.28 bits per heavy atom. The molecule has 2 aromatic rings. The molecule has 0 amide bonds.